The highest BCUT2D eigenvalue weighted by Gasteiger charge is 2.10. The van der Waals surface area contributed by atoms with Gasteiger partial charge in [-0.3, -0.25) is 0 Å². The molecule has 0 aromatic heterocycles. The number of rotatable bonds is 2. The van der Waals surface area contributed by atoms with Crippen molar-refractivity contribution in [2.75, 3.05) is 0 Å². The van der Waals surface area contributed by atoms with Crippen molar-refractivity contribution in [3.63, 3.8) is 0 Å². The maximum atomic E-state index is 11.9. The van der Waals surface area contributed by atoms with Gasteiger partial charge in [-0.25, -0.2) is 8.78 Å². The first-order valence-corrected chi connectivity index (χ1v) is 2.46. The maximum absolute atomic E-state index is 11.9. The summed E-state index contributed by atoms with van der Waals surface area (Å²) in [6.45, 7) is 2.86. The van der Waals surface area contributed by atoms with Crippen molar-refractivity contribution in [1.82, 2.24) is 0 Å². The van der Waals surface area contributed by atoms with Crippen LogP contribution in [-0.2, 0) is 0 Å². The Morgan fingerprint density at radius 1 is 1.43 bits per heavy atom. The minimum absolute atomic E-state index is 0.275. The van der Waals surface area contributed by atoms with Gasteiger partial charge in [0.25, 0.3) is 0 Å². The average Bonchev–Trinajstić information content (AvgIpc) is 1.65. The summed E-state index contributed by atoms with van der Waals surface area (Å²) in [6, 6.07) is 0. The Hall–Kier alpha value is -0.140. The lowest BCUT2D eigenvalue weighted by Crippen LogP contribution is -2.10. The predicted molar refractivity (Wildman–Crippen MR) is 25.8 cm³/mol. The Kier molecular flexibility index (Phi) is 2.88. The van der Waals surface area contributed by atoms with Gasteiger partial charge in [-0.1, -0.05) is 6.92 Å². The van der Waals surface area contributed by atoms with Gasteiger partial charge in [-0.05, 0) is 13.3 Å². The van der Waals surface area contributed by atoms with Crippen LogP contribution in [0.2, 0.25) is 0 Å². The molecule has 0 heterocycles. The van der Waals surface area contributed by atoms with Crippen molar-refractivity contribution in [3.05, 3.63) is 0 Å². The lowest BCUT2D eigenvalue weighted by Gasteiger charge is -2.02. The fourth-order valence-electron chi connectivity index (χ4n) is 0.325. The first-order valence-electron chi connectivity index (χ1n) is 2.46. The third kappa shape index (κ3) is 2.54. The monoisotopic (exact) mass is 108 g/mol. The van der Waals surface area contributed by atoms with Crippen LogP contribution in [0.15, 0.2) is 0 Å². The molecular weight excluding hydrogens is 98.1 g/mol. The molecule has 2 unspecified atom stereocenters. The summed E-state index contributed by atoms with van der Waals surface area (Å²) >= 11 is 0. The van der Waals surface area contributed by atoms with E-state index in [9.17, 15) is 8.78 Å². The summed E-state index contributed by atoms with van der Waals surface area (Å²) in [5.41, 5.74) is 0. The van der Waals surface area contributed by atoms with Crippen LogP contribution >= 0.6 is 0 Å². The van der Waals surface area contributed by atoms with Crippen LogP contribution < -0.4 is 0 Å². The predicted octanol–water partition coefficient (Wildman–Crippen LogP) is 2.09. The molecule has 0 rings (SSSR count). The van der Waals surface area contributed by atoms with E-state index in [0.29, 0.717) is 0 Å². The van der Waals surface area contributed by atoms with Gasteiger partial charge in [0.1, 0.15) is 12.3 Å². The quantitative estimate of drug-likeness (QED) is 0.508. The van der Waals surface area contributed by atoms with Crippen LogP contribution in [0, 0.1) is 0 Å². The van der Waals surface area contributed by atoms with Gasteiger partial charge in [-0.15, -0.1) is 0 Å². The second kappa shape index (κ2) is 2.94. The molecule has 0 radical (unpaired) electrons. The van der Waals surface area contributed by atoms with E-state index in [0.717, 1.165) is 0 Å². The van der Waals surface area contributed by atoms with E-state index in [2.05, 4.69) is 0 Å². The first kappa shape index (κ1) is 6.86. The smallest absolute Gasteiger partial charge is 0.131 e. The standard InChI is InChI=1S/C5H10F2/c1-3-5(7)4(2)6/h4-5H,3H2,1-2H3. The van der Waals surface area contributed by atoms with Crippen molar-refractivity contribution in [2.24, 2.45) is 0 Å². The summed E-state index contributed by atoms with van der Waals surface area (Å²) in [5.74, 6) is 0. The van der Waals surface area contributed by atoms with Crippen LogP contribution in [0.4, 0.5) is 8.78 Å². The van der Waals surface area contributed by atoms with E-state index in [1.54, 1.807) is 6.92 Å². The van der Waals surface area contributed by atoms with Crippen molar-refractivity contribution in [2.45, 2.75) is 32.6 Å². The third-order valence-electron chi connectivity index (χ3n) is 0.888. The van der Waals surface area contributed by atoms with Crippen molar-refractivity contribution >= 4 is 0 Å². The van der Waals surface area contributed by atoms with Gasteiger partial charge in [0, 0.05) is 0 Å². The van der Waals surface area contributed by atoms with Crippen LogP contribution in [-0.4, -0.2) is 12.3 Å². The molecule has 0 aromatic rings. The molecule has 7 heavy (non-hydrogen) atoms. The summed E-state index contributed by atoms with van der Waals surface area (Å²) < 4.78 is 23.6. The molecule has 2 atom stereocenters. The fraction of sp³-hybridized carbons (Fsp3) is 1.00. The van der Waals surface area contributed by atoms with E-state index < -0.39 is 12.3 Å². The van der Waals surface area contributed by atoms with Crippen LogP contribution in [0.1, 0.15) is 20.3 Å². The Morgan fingerprint density at radius 2 is 1.86 bits per heavy atom. The molecule has 0 aliphatic carbocycles. The number of hydrogen-bond acceptors (Lipinski definition) is 0. The maximum Gasteiger partial charge on any atom is 0.131 e. The Bertz CT molecular complexity index is 43.3. The van der Waals surface area contributed by atoms with Crippen molar-refractivity contribution in [1.29, 1.82) is 0 Å². The molecule has 2 heteroatoms. The van der Waals surface area contributed by atoms with E-state index >= 15 is 0 Å². The van der Waals surface area contributed by atoms with Crippen LogP contribution in [0.25, 0.3) is 0 Å². The normalized spacial score (nSPS) is 18.9. The molecule has 0 fully saturated rings. The SMILES string of the molecule is CCC(F)C(C)F. The summed E-state index contributed by atoms with van der Waals surface area (Å²) in [4.78, 5) is 0. The molecule has 0 nitrogen and oxygen atoms in total. The Morgan fingerprint density at radius 3 is 1.86 bits per heavy atom. The molecular formula is C5H10F2. The summed E-state index contributed by atoms with van der Waals surface area (Å²) in [6.07, 6.45) is -2.29. The highest BCUT2D eigenvalue weighted by molar-refractivity contribution is 4.58. The Labute approximate surface area is 42.5 Å². The minimum Gasteiger partial charge on any atom is -0.245 e. The molecule has 0 aliphatic heterocycles. The lowest BCUT2D eigenvalue weighted by atomic mass is 10.2. The van der Waals surface area contributed by atoms with Crippen molar-refractivity contribution < 1.29 is 8.78 Å². The second-order valence-corrected chi connectivity index (χ2v) is 1.60. The van der Waals surface area contributed by atoms with Crippen LogP contribution in [0.5, 0.6) is 0 Å². The second-order valence-electron chi connectivity index (χ2n) is 1.60. The molecule has 44 valence electrons. The summed E-state index contributed by atoms with van der Waals surface area (Å²) in [5, 5.41) is 0. The fourth-order valence-corrected chi connectivity index (χ4v) is 0.325. The molecule has 0 N–H and O–H groups in total. The molecule has 0 saturated carbocycles. The van der Waals surface area contributed by atoms with Gasteiger partial charge in [-0.2, -0.15) is 0 Å². The Balaban J connectivity index is 3.14. The first-order chi connectivity index (χ1) is 3.18. The van der Waals surface area contributed by atoms with Crippen molar-refractivity contribution in [3.8, 4) is 0 Å². The molecule has 0 saturated heterocycles. The summed E-state index contributed by atoms with van der Waals surface area (Å²) in [7, 11) is 0. The minimum atomic E-state index is -1.30. The van der Waals surface area contributed by atoms with Gasteiger partial charge >= 0.3 is 0 Å². The molecule has 0 aliphatic rings. The lowest BCUT2D eigenvalue weighted by molar-refractivity contribution is 0.178. The molecule has 0 bridgehead atoms. The average molecular weight is 108 g/mol. The van der Waals surface area contributed by atoms with E-state index in [1.807, 2.05) is 0 Å². The van der Waals surface area contributed by atoms with Gasteiger partial charge in [0.05, 0.1) is 0 Å². The molecule has 0 aromatic carbocycles. The number of alkyl halides is 2. The van der Waals surface area contributed by atoms with E-state index in [-0.39, 0.29) is 6.42 Å². The molecule has 0 spiro atoms. The highest BCUT2D eigenvalue weighted by atomic mass is 19.2. The zero-order chi connectivity index (χ0) is 5.86. The largest absolute Gasteiger partial charge is 0.245 e. The molecule has 0 amide bonds. The van der Waals surface area contributed by atoms with Gasteiger partial charge in [0.2, 0.25) is 0 Å². The van der Waals surface area contributed by atoms with Gasteiger partial charge in [0.15, 0.2) is 0 Å². The highest BCUT2D eigenvalue weighted by Crippen LogP contribution is 2.05. The zero-order valence-corrected chi connectivity index (χ0v) is 4.62. The van der Waals surface area contributed by atoms with Gasteiger partial charge < -0.3 is 0 Å². The zero-order valence-electron chi connectivity index (χ0n) is 4.62. The number of hydrogen-bond donors (Lipinski definition) is 0. The van der Waals surface area contributed by atoms with E-state index in [4.69, 9.17) is 0 Å². The van der Waals surface area contributed by atoms with E-state index in [1.165, 1.54) is 6.92 Å². The number of halogens is 2. The topological polar surface area (TPSA) is 0 Å². The third-order valence-corrected chi connectivity index (χ3v) is 0.888. The van der Waals surface area contributed by atoms with Crippen LogP contribution in [0.3, 0.4) is 0 Å².